The van der Waals surface area contributed by atoms with Crippen molar-refractivity contribution in [2.45, 2.75) is 96.7 Å². The third kappa shape index (κ3) is 4.28. The third-order valence-electron chi connectivity index (χ3n) is 6.67. The summed E-state index contributed by atoms with van der Waals surface area (Å²) < 4.78 is 2.08. The molecule has 3 rings (SSSR count). The van der Waals surface area contributed by atoms with Crippen LogP contribution >= 0.6 is 0 Å². The van der Waals surface area contributed by atoms with E-state index in [0.29, 0.717) is 6.04 Å². The molecule has 1 saturated carbocycles. The highest BCUT2D eigenvalue weighted by molar-refractivity contribution is 4.99. The van der Waals surface area contributed by atoms with Crippen LogP contribution < -0.4 is 0 Å². The summed E-state index contributed by atoms with van der Waals surface area (Å²) >= 11 is 0. The number of nitrogens with zero attached hydrogens (tertiary/aromatic N) is 6. The van der Waals surface area contributed by atoms with Gasteiger partial charge in [0, 0.05) is 32.2 Å². The molecule has 2 fully saturated rings. The van der Waals surface area contributed by atoms with Crippen molar-refractivity contribution in [2.24, 2.45) is 0 Å². The molecule has 0 radical (unpaired) electrons. The quantitative estimate of drug-likeness (QED) is 0.741. The van der Waals surface area contributed by atoms with Crippen molar-refractivity contribution >= 4 is 0 Å². The lowest BCUT2D eigenvalue weighted by molar-refractivity contribution is 0.0483. The minimum atomic E-state index is -0.0330. The largest absolute Gasteiger partial charge is 0.298 e. The first-order valence-corrected chi connectivity index (χ1v) is 10.8. The van der Waals surface area contributed by atoms with Crippen LogP contribution in [0.1, 0.15) is 90.9 Å². The van der Waals surface area contributed by atoms with Gasteiger partial charge in [0.2, 0.25) is 0 Å². The molecule has 1 saturated heterocycles. The van der Waals surface area contributed by atoms with E-state index in [-0.39, 0.29) is 5.54 Å². The van der Waals surface area contributed by atoms with E-state index in [2.05, 4.69) is 57.7 Å². The van der Waals surface area contributed by atoms with Crippen molar-refractivity contribution in [2.75, 3.05) is 26.2 Å². The van der Waals surface area contributed by atoms with Gasteiger partial charge >= 0.3 is 0 Å². The zero-order valence-electron chi connectivity index (χ0n) is 17.3. The first-order valence-electron chi connectivity index (χ1n) is 10.8. The van der Waals surface area contributed by atoms with E-state index < -0.39 is 0 Å². The van der Waals surface area contributed by atoms with Crippen LogP contribution in [0.15, 0.2) is 0 Å². The lowest BCUT2D eigenvalue weighted by atomic mass is 9.93. The Hall–Kier alpha value is -1.01. The summed E-state index contributed by atoms with van der Waals surface area (Å²) in [6, 6.07) is 1.18. The van der Waals surface area contributed by atoms with E-state index in [1.54, 1.807) is 0 Å². The zero-order valence-corrected chi connectivity index (χ0v) is 17.3. The number of rotatable bonds is 7. The van der Waals surface area contributed by atoms with E-state index in [9.17, 15) is 0 Å². The molecule has 2 aliphatic rings. The van der Waals surface area contributed by atoms with Gasteiger partial charge in [-0.15, -0.1) is 5.10 Å². The summed E-state index contributed by atoms with van der Waals surface area (Å²) in [4.78, 5) is 5.38. The standard InChI is InChI=1S/C20H38N6/c1-5-10-18(19-21-22-23-26(19)20(3,4)6-2)25-15-13-24(14-16-25)17-11-8-7-9-12-17/h17-18H,5-16H2,1-4H3/t18-/m0/s1. The number of piperazine rings is 1. The predicted molar refractivity (Wildman–Crippen MR) is 105 cm³/mol. The fraction of sp³-hybridized carbons (Fsp3) is 0.950. The van der Waals surface area contributed by atoms with Gasteiger partial charge in [-0.2, -0.15) is 0 Å². The fourth-order valence-corrected chi connectivity index (χ4v) is 4.59. The van der Waals surface area contributed by atoms with Crippen LogP contribution in [-0.4, -0.2) is 62.2 Å². The molecule has 26 heavy (non-hydrogen) atoms. The number of hydrogen-bond acceptors (Lipinski definition) is 5. The number of hydrogen-bond donors (Lipinski definition) is 0. The fourth-order valence-electron chi connectivity index (χ4n) is 4.59. The Kier molecular flexibility index (Phi) is 6.67. The van der Waals surface area contributed by atoms with Crippen molar-refractivity contribution in [3.8, 4) is 0 Å². The second-order valence-corrected chi connectivity index (χ2v) is 8.78. The maximum absolute atomic E-state index is 4.48. The molecule has 1 aromatic rings. The molecule has 0 amide bonds. The monoisotopic (exact) mass is 362 g/mol. The molecule has 0 aromatic carbocycles. The summed E-state index contributed by atoms with van der Waals surface area (Å²) in [5.74, 6) is 1.06. The van der Waals surface area contributed by atoms with Crippen LogP contribution in [0.4, 0.5) is 0 Å². The van der Waals surface area contributed by atoms with Gasteiger partial charge in [-0.05, 0) is 50.0 Å². The highest BCUT2D eigenvalue weighted by Crippen LogP contribution is 2.30. The zero-order chi connectivity index (χ0) is 18.6. The van der Waals surface area contributed by atoms with Crippen molar-refractivity contribution in [1.82, 2.24) is 30.0 Å². The maximum Gasteiger partial charge on any atom is 0.168 e. The summed E-state index contributed by atoms with van der Waals surface area (Å²) in [6.45, 7) is 13.6. The highest BCUT2D eigenvalue weighted by Gasteiger charge is 2.33. The summed E-state index contributed by atoms with van der Waals surface area (Å²) in [5, 5.41) is 12.9. The van der Waals surface area contributed by atoms with Crippen molar-refractivity contribution in [3.05, 3.63) is 5.82 Å². The van der Waals surface area contributed by atoms with E-state index in [1.165, 1.54) is 45.2 Å². The van der Waals surface area contributed by atoms with Gasteiger partial charge in [0.15, 0.2) is 5.82 Å². The van der Waals surface area contributed by atoms with E-state index in [4.69, 9.17) is 0 Å². The molecule has 148 valence electrons. The highest BCUT2D eigenvalue weighted by atomic mass is 15.6. The SMILES string of the molecule is CCC[C@@H](c1nnnn1C(C)(C)CC)N1CCN(C2CCCCC2)CC1. The van der Waals surface area contributed by atoms with Gasteiger partial charge in [0.25, 0.3) is 0 Å². The lowest BCUT2D eigenvalue weighted by Crippen LogP contribution is -2.52. The van der Waals surface area contributed by atoms with Crippen LogP contribution in [0.25, 0.3) is 0 Å². The normalized spacial score (nSPS) is 22.6. The van der Waals surface area contributed by atoms with E-state index in [0.717, 1.165) is 44.2 Å². The predicted octanol–water partition coefficient (Wildman–Crippen LogP) is 3.61. The van der Waals surface area contributed by atoms with Crippen LogP contribution in [0.3, 0.4) is 0 Å². The Morgan fingerprint density at radius 1 is 1.04 bits per heavy atom. The summed E-state index contributed by atoms with van der Waals surface area (Å²) in [5.41, 5.74) is -0.0330. The van der Waals surface area contributed by atoms with Crippen LogP contribution in [-0.2, 0) is 5.54 Å². The minimum absolute atomic E-state index is 0.0330. The van der Waals surface area contributed by atoms with Crippen molar-refractivity contribution < 1.29 is 0 Å². The molecule has 1 aliphatic carbocycles. The summed E-state index contributed by atoms with van der Waals surface area (Å²) in [6.07, 6.45) is 10.4. The van der Waals surface area contributed by atoms with Gasteiger partial charge in [-0.25, -0.2) is 4.68 Å². The van der Waals surface area contributed by atoms with Crippen LogP contribution in [0.5, 0.6) is 0 Å². The number of tetrazole rings is 1. The van der Waals surface area contributed by atoms with Crippen molar-refractivity contribution in [3.63, 3.8) is 0 Å². The van der Waals surface area contributed by atoms with Gasteiger partial charge in [-0.3, -0.25) is 9.80 Å². The third-order valence-corrected chi connectivity index (χ3v) is 6.67. The molecule has 2 heterocycles. The maximum atomic E-state index is 4.48. The molecule has 0 bridgehead atoms. The van der Waals surface area contributed by atoms with Crippen LogP contribution in [0.2, 0.25) is 0 Å². The van der Waals surface area contributed by atoms with Crippen LogP contribution in [0, 0.1) is 0 Å². The Labute approximate surface area is 159 Å². The Morgan fingerprint density at radius 2 is 1.73 bits per heavy atom. The molecule has 1 aliphatic heterocycles. The average Bonchev–Trinajstić information content (AvgIpc) is 3.17. The second kappa shape index (κ2) is 8.79. The van der Waals surface area contributed by atoms with Crippen molar-refractivity contribution in [1.29, 1.82) is 0 Å². The smallest absolute Gasteiger partial charge is 0.168 e. The second-order valence-electron chi connectivity index (χ2n) is 8.78. The lowest BCUT2D eigenvalue weighted by Gasteiger charge is -2.43. The average molecular weight is 363 g/mol. The molecule has 1 aromatic heterocycles. The first-order chi connectivity index (χ1) is 12.6. The Balaban J connectivity index is 1.69. The molecule has 0 unspecified atom stereocenters. The van der Waals surface area contributed by atoms with E-state index in [1.807, 2.05) is 0 Å². The number of aromatic nitrogens is 4. The topological polar surface area (TPSA) is 50.1 Å². The Bertz CT molecular complexity index is 540. The summed E-state index contributed by atoms with van der Waals surface area (Å²) in [7, 11) is 0. The van der Waals surface area contributed by atoms with Gasteiger partial charge in [-0.1, -0.05) is 39.5 Å². The molecule has 0 N–H and O–H groups in total. The first kappa shape index (κ1) is 19.7. The molecule has 0 spiro atoms. The molecule has 1 atom stereocenters. The van der Waals surface area contributed by atoms with Gasteiger partial charge in [0.1, 0.15) is 0 Å². The molecular formula is C20H38N6. The molecule has 6 nitrogen and oxygen atoms in total. The molecular weight excluding hydrogens is 324 g/mol. The minimum Gasteiger partial charge on any atom is -0.298 e. The van der Waals surface area contributed by atoms with Gasteiger partial charge in [0.05, 0.1) is 11.6 Å². The van der Waals surface area contributed by atoms with E-state index >= 15 is 0 Å². The molecule has 6 heteroatoms. The Morgan fingerprint density at radius 3 is 2.35 bits per heavy atom. The van der Waals surface area contributed by atoms with Gasteiger partial charge < -0.3 is 0 Å².